The van der Waals surface area contributed by atoms with E-state index in [0.29, 0.717) is 5.82 Å². The SMILES string of the molecule is Fc1cccc(F)c1CNc1cnc2ccccc2n1. The van der Waals surface area contributed by atoms with Gasteiger partial charge in [0.25, 0.3) is 0 Å². The van der Waals surface area contributed by atoms with Crippen molar-refractivity contribution < 1.29 is 8.78 Å². The molecule has 3 nitrogen and oxygen atoms in total. The summed E-state index contributed by atoms with van der Waals surface area (Å²) in [6.45, 7) is 0.0194. The van der Waals surface area contributed by atoms with Crippen molar-refractivity contribution in [3.63, 3.8) is 0 Å². The Kier molecular flexibility index (Phi) is 3.25. The molecule has 0 fully saturated rings. The summed E-state index contributed by atoms with van der Waals surface area (Å²) in [5, 5.41) is 2.88. The van der Waals surface area contributed by atoms with Crippen molar-refractivity contribution in [2.45, 2.75) is 6.54 Å². The van der Waals surface area contributed by atoms with Gasteiger partial charge >= 0.3 is 0 Å². The number of fused-ring (bicyclic) bond motifs is 1. The van der Waals surface area contributed by atoms with Gasteiger partial charge in [0, 0.05) is 12.1 Å². The summed E-state index contributed by atoms with van der Waals surface area (Å²) in [6, 6.07) is 11.2. The molecule has 0 spiro atoms. The van der Waals surface area contributed by atoms with E-state index in [1.54, 1.807) is 6.20 Å². The second-order valence-corrected chi connectivity index (χ2v) is 4.30. The van der Waals surface area contributed by atoms with Crippen LogP contribution in [0, 0.1) is 11.6 Å². The molecule has 0 saturated carbocycles. The molecule has 0 amide bonds. The topological polar surface area (TPSA) is 37.8 Å². The Morgan fingerprint density at radius 1 is 0.900 bits per heavy atom. The fourth-order valence-corrected chi connectivity index (χ4v) is 1.92. The average molecular weight is 271 g/mol. The zero-order chi connectivity index (χ0) is 13.9. The lowest BCUT2D eigenvalue weighted by Crippen LogP contribution is -2.06. The van der Waals surface area contributed by atoms with Gasteiger partial charge in [0.2, 0.25) is 0 Å². The standard InChI is InChI=1S/C15H11F2N3/c16-11-4-3-5-12(17)10(11)8-19-15-9-18-13-6-1-2-7-14(13)20-15/h1-7,9H,8H2,(H,19,20). The van der Waals surface area contributed by atoms with Crippen LogP contribution >= 0.6 is 0 Å². The predicted octanol–water partition coefficient (Wildman–Crippen LogP) is 3.52. The molecular weight excluding hydrogens is 260 g/mol. The van der Waals surface area contributed by atoms with Crippen molar-refractivity contribution in [2.75, 3.05) is 5.32 Å². The number of nitrogens with zero attached hydrogens (tertiary/aromatic N) is 2. The average Bonchev–Trinajstić information content (AvgIpc) is 2.46. The Hall–Kier alpha value is -2.56. The van der Waals surface area contributed by atoms with Crippen LogP contribution in [0.1, 0.15) is 5.56 Å². The molecule has 0 aliphatic carbocycles. The number of benzene rings is 2. The lowest BCUT2D eigenvalue weighted by molar-refractivity contribution is 0.560. The van der Waals surface area contributed by atoms with Crippen molar-refractivity contribution in [1.29, 1.82) is 0 Å². The minimum Gasteiger partial charge on any atom is -0.364 e. The molecule has 0 aliphatic heterocycles. The number of aromatic nitrogens is 2. The highest BCUT2D eigenvalue weighted by Crippen LogP contribution is 2.15. The highest BCUT2D eigenvalue weighted by Gasteiger charge is 2.08. The maximum Gasteiger partial charge on any atom is 0.145 e. The Morgan fingerprint density at radius 2 is 1.60 bits per heavy atom. The van der Waals surface area contributed by atoms with Gasteiger partial charge in [0.1, 0.15) is 17.5 Å². The number of hydrogen-bond acceptors (Lipinski definition) is 3. The molecular formula is C15H11F2N3. The molecule has 0 atom stereocenters. The van der Waals surface area contributed by atoms with E-state index in [2.05, 4.69) is 15.3 Å². The molecule has 1 heterocycles. The smallest absolute Gasteiger partial charge is 0.145 e. The highest BCUT2D eigenvalue weighted by molar-refractivity contribution is 5.75. The first-order chi connectivity index (χ1) is 9.74. The van der Waals surface area contributed by atoms with Crippen LogP contribution in [0.2, 0.25) is 0 Å². The number of rotatable bonds is 3. The van der Waals surface area contributed by atoms with E-state index in [1.165, 1.54) is 18.2 Å². The molecule has 0 radical (unpaired) electrons. The molecule has 0 aliphatic rings. The first-order valence-corrected chi connectivity index (χ1v) is 6.12. The Labute approximate surface area is 114 Å². The summed E-state index contributed by atoms with van der Waals surface area (Å²) < 4.78 is 27.0. The van der Waals surface area contributed by atoms with Crippen LogP contribution in [-0.4, -0.2) is 9.97 Å². The quantitative estimate of drug-likeness (QED) is 0.792. The largest absolute Gasteiger partial charge is 0.364 e. The van der Waals surface area contributed by atoms with Crippen molar-refractivity contribution in [2.24, 2.45) is 0 Å². The van der Waals surface area contributed by atoms with Crippen molar-refractivity contribution >= 4 is 16.9 Å². The third-order valence-corrected chi connectivity index (χ3v) is 2.96. The molecule has 0 bridgehead atoms. The van der Waals surface area contributed by atoms with Crippen LogP contribution in [0.25, 0.3) is 11.0 Å². The van der Waals surface area contributed by atoms with Crippen LogP contribution < -0.4 is 5.32 Å². The van der Waals surface area contributed by atoms with Crippen LogP contribution in [-0.2, 0) is 6.54 Å². The number of hydrogen-bond donors (Lipinski definition) is 1. The summed E-state index contributed by atoms with van der Waals surface area (Å²) in [7, 11) is 0. The molecule has 3 aromatic rings. The molecule has 2 aromatic carbocycles. The minimum absolute atomic E-state index is 0.0116. The summed E-state index contributed by atoms with van der Waals surface area (Å²) in [5.74, 6) is -0.677. The Balaban J connectivity index is 1.83. The monoisotopic (exact) mass is 271 g/mol. The lowest BCUT2D eigenvalue weighted by atomic mass is 10.2. The van der Waals surface area contributed by atoms with E-state index >= 15 is 0 Å². The van der Waals surface area contributed by atoms with Crippen molar-refractivity contribution in [3.05, 3.63) is 65.9 Å². The highest BCUT2D eigenvalue weighted by atomic mass is 19.1. The zero-order valence-corrected chi connectivity index (χ0v) is 10.5. The number of para-hydroxylation sites is 2. The normalized spacial score (nSPS) is 10.7. The number of anilines is 1. The molecule has 1 N–H and O–H groups in total. The van der Waals surface area contributed by atoms with E-state index < -0.39 is 11.6 Å². The van der Waals surface area contributed by atoms with Gasteiger partial charge in [-0.25, -0.2) is 13.8 Å². The van der Waals surface area contributed by atoms with E-state index in [9.17, 15) is 8.78 Å². The first kappa shape index (κ1) is 12.5. The Bertz CT molecular complexity index is 739. The van der Waals surface area contributed by atoms with Crippen molar-refractivity contribution in [3.8, 4) is 0 Å². The third kappa shape index (κ3) is 2.42. The third-order valence-electron chi connectivity index (χ3n) is 2.96. The maximum atomic E-state index is 13.5. The molecule has 3 rings (SSSR count). The van der Waals surface area contributed by atoms with Gasteiger partial charge < -0.3 is 5.32 Å². The fourth-order valence-electron chi connectivity index (χ4n) is 1.92. The van der Waals surface area contributed by atoms with Crippen molar-refractivity contribution in [1.82, 2.24) is 9.97 Å². The van der Waals surface area contributed by atoms with E-state index in [0.717, 1.165) is 11.0 Å². The maximum absolute atomic E-state index is 13.5. The minimum atomic E-state index is -0.578. The summed E-state index contributed by atoms with van der Waals surface area (Å²) in [5.41, 5.74) is 1.49. The number of nitrogens with one attached hydrogen (secondary N) is 1. The van der Waals surface area contributed by atoms with E-state index in [4.69, 9.17) is 0 Å². The van der Waals surface area contributed by atoms with Gasteiger partial charge in [0.15, 0.2) is 0 Å². The van der Waals surface area contributed by atoms with Crippen LogP contribution in [0.5, 0.6) is 0 Å². The van der Waals surface area contributed by atoms with E-state index in [1.807, 2.05) is 24.3 Å². The fraction of sp³-hybridized carbons (Fsp3) is 0.0667. The Morgan fingerprint density at radius 3 is 2.35 bits per heavy atom. The van der Waals surface area contributed by atoms with Gasteiger partial charge in [-0.1, -0.05) is 18.2 Å². The molecule has 5 heteroatoms. The zero-order valence-electron chi connectivity index (χ0n) is 10.5. The summed E-state index contributed by atoms with van der Waals surface area (Å²) >= 11 is 0. The van der Waals surface area contributed by atoms with Crippen LogP contribution in [0.15, 0.2) is 48.7 Å². The van der Waals surface area contributed by atoms with Gasteiger partial charge in [-0.3, -0.25) is 4.98 Å². The van der Waals surface area contributed by atoms with Gasteiger partial charge in [-0.05, 0) is 24.3 Å². The van der Waals surface area contributed by atoms with Gasteiger partial charge in [-0.15, -0.1) is 0 Å². The van der Waals surface area contributed by atoms with Gasteiger partial charge in [0.05, 0.1) is 17.2 Å². The van der Waals surface area contributed by atoms with E-state index in [-0.39, 0.29) is 12.1 Å². The number of halogens is 2. The second kappa shape index (κ2) is 5.21. The molecule has 20 heavy (non-hydrogen) atoms. The molecule has 0 unspecified atom stereocenters. The summed E-state index contributed by atoms with van der Waals surface area (Å²) in [4.78, 5) is 8.56. The second-order valence-electron chi connectivity index (χ2n) is 4.30. The molecule has 0 saturated heterocycles. The van der Waals surface area contributed by atoms with Crippen LogP contribution in [0.4, 0.5) is 14.6 Å². The van der Waals surface area contributed by atoms with Gasteiger partial charge in [-0.2, -0.15) is 0 Å². The lowest BCUT2D eigenvalue weighted by Gasteiger charge is -2.08. The predicted molar refractivity (Wildman–Crippen MR) is 73.2 cm³/mol. The van der Waals surface area contributed by atoms with Crippen LogP contribution in [0.3, 0.4) is 0 Å². The summed E-state index contributed by atoms with van der Waals surface area (Å²) in [6.07, 6.45) is 1.54. The molecule has 100 valence electrons. The first-order valence-electron chi connectivity index (χ1n) is 6.12. The molecule has 1 aromatic heterocycles.